The number of methoxy groups -OCH3 is 1. The number of aromatic nitrogens is 1. The van der Waals surface area contributed by atoms with Gasteiger partial charge in [-0.15, -0.1) is 0 Å². The molecule has 1 aromatic heterocycles. The van der Waals surface area contributed by atoms with Gasteiger partial charge in [-0.2, -0.15) is 0 Å². The summed E-state index contributed by atoms with van der Waals surface area (Å²) in [4.78, 5) is 6.81. The van der Waals surface area contributed by atoms with Gasteiger partial charge in [-0.05, 0) is 32.2 Å². The number of ether oxygens (including phenoxy) is 2. The second-order valence-corrected chi connectivity index (χ2v) is 5.84. The zero-order chi connectivity index (χ0) is 15.1. The summed E-state index contributed by atoms with van der Waals surface area (Å²) in [6.45, 7) is 6.21. The van der Waals surface area contributed by atoms with Crippen molar-refractivity contribution in [1.29, 1.82) is 0 Å². The highest BCUT2D eigenvalue weighted by molar-refractivity contribution is 7.22. The first kappa shape index (κ1) is 16.0. The van der Waals surface area contributed by atoms with Crippen molar-refractivity contribution in [3.63, 3.8) is 0 Å². The highest BCUT2D eigenvalue weighted by atomic mass is 32.1. The zero-order valence-electron chi connectivity index (χ0n) is 12.9. The van der Waals surface area contributed by atoms with E-state index in [1.165, 1.54) is 0 Å². The first-order valence-corrected chi connectivity index (χ1v) is 7.99. The Morgan fingerprint density at radius 1 is 1.33 bits per heavy atom. The molecule has 2 aromatic rings. The Labute approximate surface area is 129 Å². The molecule has 0 spiro atoms. The first-order valence-electron chi connectivity index (χ1n) is 7.17. The van der Waals surface area contributed by atoms with E-state index in [1.807, 2.05) is 25.1 Å². The second kappa shape index (κ2) is 8.17. The summed E-state index contributed by atoms with van der Waals surface area (Å²) >= 11 is 1.66. The van der Waals surface area contributed by atoms with Gasteiger partial charge in [0.1, 0.15) is 5.75 Å². The van der Waals surface area contributed by atoms with E-state index < -0.39 is 0 Å². The topological polar surface area (TPSA) is 46.6 Å². The Bertz CT molecular complexity index is 559. The van der Waals surface area contributed by atoms with Gasteiger partial charge in [0.05, 0.1) is 23.4 Å². The number of benzene rings is 1. The molecule has 1 aromatic carbocycles. The molecule has 21 heavy (non-hydrogen) atoms. The summed E-state index contributed by atoms with van der Waals surface area (Å²) in [7, 11) is 3.82. The van der Waals surface area contributed by atoms with Gasteiger partial charge in [0.25, 0.3) is 0 Å². The van der Waals surface area contributed by atoms with Crippen LogP contribution >= 0.6 is 11.3 Å². The third kappa shape index (κ3) is 4.84. The molecular formula is C15H23N3O2S. The Kier molecular flexibility index (Phi) is 6.22. The van der Waals surface area contributed by atoms with Gasteiger partial charge >= 0.3 is 0 Å². The average Bonchev–Trinajstić information content (AvgIpc) is 2.87. The lowest BCUT2D eigenvalue weighted by Gasteiger charge is -2.15. The molecule has 0 amide bonds. The average molecular weight is 309 g/mol. The fourth-order valence-electron chi connectivity index (χ4n) is 1.95. The van der Waals surface area contributed by atoms with Crippen molar-refractivity contribution >= 4 is 26.7 Å². The molecule has 1 heterocycles. The molecule has 0 aliphatic heterocycles. The van der Waals surface area contributed by atoms with Crippen molar-refractivity contribution in [3.8, 4) is 5.75 Å². The van der Waals surface area contributed by atoms with Gasteiger partial charge in [0.15, 0.2) is 5.13 Å². The van der Waals surface area contributed by atoms with Gasteiger partial charge in [-0.3, -0.25) is 0 Å². The van der Waals surface area contributed by atoms with Crippen molar-refractivity contribution in [1.82, 2.24) is 9.88 Å². The van der Waals surface area contributed by atoms with Crippen LogP contribution in [0.3, 0.4) is 0 Å². The van der Waals surface area contributed by atoms with E-state index in [-0.39, 0.29) is 0 Å². The van der Waals surface area contributed by atoms with E-state index in [0.29, 0.717) is 6.61 Å². The van der Waals surface area contributed by atoms with Crippen LogP contribution in [-0.2, 0) is 4.74 Å². The van der Waals surface area contributed by atoms with Crippen molar-refractivity contribution in [3.05, 3.63) is 18.2 Å². The van der Waals surface area contributed by atoms with E-state index in [0.717, 1.165) is 47.3 Å². The van der Waals surface area contributed by atoms with Crippen LogP contribution in [0.2, 0.25) is 0 Å². The van der Waals surface area contributed by atoms with E-state index in [1.54, 1.807) is 18.4 Å². The normalized spacial score (nSPS) is 11.2. The molecule has 0 radical (unpaired) electrons. The van der Waals surface area contributed by atoms with Crippen LogP contribution in [0.5, 0.6) is 5.75 Å². The van der Waals surface area contributed by atoms with E-state index in [2.05, 4.69) is 22.2 Å². The highest BCUT2D eigenvalue weighted by Gasteiger charge is 2.05. The maximum Gasteiger partial charge on any atom is 0.183 e. The predicted octanol–water partition coefficient (Wildman–Crippen LogP) is 2.69. The molecule has 1 N–H and O–H groups in total. The minimum atomic E-state index is 0.684. The largest absolute Gasteiger partial charge is 0.494 e. The minimum Gasteiger partial charge on any atom is -0.494 e. The molecule has 0 unspecified atom stereocenters. The molecule has 5 nitrogen and oxygen atoms in total. The summed E-state index contributed by atoms with van der Waals surface area (Å²) in [5.74, 6) is 0.902. The monoisotopic (exact) mass is 309 g/mol. The first-order chi connectivity index (χ1) is 10.2. The Morgan fingerprint density at radius 2 is 2.19 bits per heavy atom. The van der Waals surface area contributed by atoms with Crippen LogP contribution in [0.4, 0.5) is 5.13 Å². The van der Waals surface area contributed by atoms with Crippen LogP contribution < -0.4 is 10.1 Å². The maximum absolute atomic E-state index is 5.51. The number of rotatable bonds is 9. The van der Waals surface area contributed by atoms with Crippen LogP contribution in [0.1, 0.15) is 6.92 Å². The van der Waals surface area contributed by atoms with Gasteiger partial charge in [-0.25, -0.2) is 4.98 Å². The third-order valence-corrected chi connectivity index (χ3v) is 4.09. The van der Waals surface area contributed by atoms with Crippen LogP contribution in [0.15, 0.2) is 18.2 Å². The van der Waals surface area contributed by atoms with E-state index in [9.17, 15) is 0 Å². The molecule has 0 aliphatic rings. The zero-order valence-corrected chi connectivity index (χ0v) is 13.7. The Morgan fingerprint density at radius 3 is 2.95 bits per heavy atom. The number of likely N-dealkylation sites (N-methyl/N-ethyl adjacent to an activating group) is 1. The van der Waals surface area contributed by atoms with E-state index >= 15 is 0 Å². The maximum atomic E-state index is 5.51. The van der Waals surface area contributed by atoms with Crippen molar-refractivity contribution in [2.24, 2.45) is 0 Å². The summed E-state index contributed by atoms with van der Waals surface area (Å²) < 4.78 is 11.7. The Balaban J connectivity index is 1.87. The molecule has 2 rings (SSSR count). The summed E-state index contributed by atoms with van der Waals surface area (Å²) in [6.07, 6.45) is 0. The number of hydrogen-bond acceptors (Lipinski definition) is 6. The van der Waals surface area contributed by atoms with Crippen LogP contribution in [0, 0.1) is 0 Å². The van der Waals surface area contributed by atoms with Crippen molar-refractivity contribution < 1.29 is 9.47 Å². The number of fused-ring (bicyclic) bond motifs is 1. The lowest BCUT2D eigenvalue weighted by molar-refractivity contribution is 0.163. The van der Waals surface area contributed by atoms with Gasteiger partial charge in [0.2, 0.25) is 0 Å². The van der Waals surface area contributed by atoms with Crippen molar-refractivity contribution in [2.45, 2.75) is 6.92 Å². The lowest BCUT2D eigenvalue weighted by Crippen LogP contribution is -2.28. The second-order valence-electron chi connectivity index (χ2n) is 4.80. The molecule has 0 bridgehead atoms. The van der Waals surface area contributed by atoms with Gasteiger partial charge in [0, 0.05) is 26.7 Å². The summed E-state index contributed by atoms with van der Waals surface area (Å²) in [5.41, 5.74) is 1.01. The standard InChI is InChI=1S/C15H23N3O2S/c1-4-20-12-5-6-13-14(11-12)21-15(17-13)16-7-8-18(2)9-10-19-3/h5-6,11H,4,7-10H2,1-3H3,(H,16,17). The summed E-state index contributed by atoms with van der Waals surface area (Å²) in [5, 5.41) is 4.33. The molecule has 0 saturated carbocycles. The number of nitrogens with zero attached hydrogens (tertiary/aromatic N) is 2. The molecule has 0 saturated heterocycles. The van der Waals surface area contributed by atoms with Gasteiger partial charge < -0.3 is 19.7 Å². The predicted molar refractivity (Wildman–Crippen MR) is 88.7 cm³/mol. The molecule has 0 atom stereocenters. The van der Waals surface area contributed by atoms with Gasteiger partial charge in [-0.1, -0.05) is 11.3 Å². The number of hydrogen-bond donors (Lipinski definition) is 1. The fourth-order valence-corrected chi connectivity index (χ4v) is 2.87. The van der Waals surface area contributed by atoms with Crippen LogP contribution in [0.25, 0.3) is 10.2 Å². The van der Waals surface area contributed by atoms with Crippen LogP contribution in [-0.4, -0.2) is 56.9 Å². The SMILES string of the molecule is CCOc1ccc2nc(NCCN(C)CCOC)sc2c1. The minimum absolute atomic E-state index is 0.684. The molecular weight excluding hydrogens is 286 g/mol. The third-order valence-electron chi connectivity index (χ3n) is 3.12. The quantitative estimate of drug-likeness (QED) is 0.771. The Hall–Kier alpha value is -1.37. The number of anilines is 1. The fraction of sp³-hybridized carbons (Fsp3) is 0.533. The summed E-state index contributed by atoms with van der Waals surface area (Å²) in [6, 6.07) is 6.02. The highest BCUT2D eigenvalue weighted by Crippen LogP contribution is 2.29. The van der Waals surface area contributed by atoms with E-state index in [4.69, 9.17) is 9.47 Å². The number of nitrogens with one attached hydrogen (secondary N) is 1. The molecule has 0 fully saturated rings. The molecule has 116 valence electrons. The van der Waals surface area contributed by atoms with Crippen molar-refractivity contribution in [2.75, 3.05) is 52.3 Å². The molecule has 0 aliphatic carbocycles. The molecule has 6 heteroatoms. The smallest absolute Gasteiger partial charge is 0.183 e. The number of thiazole rings is 1. The lowest BCUT2D eigenvalue weighted by atomic mass is 10.3.